The van der Waals surface area contributed by atoms with Gasteiger partial charge in [-0.05, 0) is 55.4 Å². The molecule has 1 aliphatic carbocycles. The minimum Gasteiger partial charge on any atom is -0.352 e. The first-order valence-corrected chi connectivity index (χ1v) is 10.3. The highest BCUT2D eigenvalue weighted by molar-refractivity contribution is 5.78. The van der Waals surface area contributed by atoms with Gasteiger partial charge in [-0.1, -0.05) is 30.3 Å². The van der Waals surface area contributed by atoms with Crippen LogP contribution < -0.4 is 5.32 Å². The summed E-state index contributed by atoms with van der Waals surface area (Å²) >= 11 is 0. The Hall–Kier alpha value is -2.83. The number of amides is 1. The average Bonchev–Trinajstić information content (AvgIpc) is 3.14. The normalized spacial score (nSPS) is 19.7. The van der Waals surface area contributed by atoms with Crippen LogP contribution in [0.2, 0.25) is 0 Å². The molecule has 3 aromatic rings. The maximum atomic E-state index is 13.1. The van der Waals surface area contributed by atoms with E-state index >= 15 is 0 Å². The lowest BCUT2D eigenvalue weighted by Gasteiger charge is -2.27. The number of carbonyl (C=O) groups is 1. The Kier molecular flexibility index (Phi) is 5.79. The topological polar surface area (TPSA) is 57.8 Å². The first kappa shape index (κ1) is 20.4. The van der Waals surface area contributed by atoms with Crippen molar-refractivity contribution in [3.05, 3.63) is 65.5 Å². The zero-order valence-corrected chi connectivity index (χ0v) is 16.5. The Bertz CT molecular complexity index is 987. The summed E-state index contributed by atoms with van der Waals surface area (Å²) in [6, 6.07) is 13.3. The van der Waals surface area contributed by atoms with Crippen molar-refractivity contribution < 1.29 is 18.0 Å². The number of halogens is 3. The molecule has 4 rings (SSSR count). The van der Waals surface area contributed by atoms with Gasteiger partial charge in [-0.25, -0.2) is 4.98 Å². The maximum absolute atomic E-state index is 13.1. The average molecular weight is 415 g/mol. The Morgan fingerprint density at radius 2 is 1.73 bits per heavy atom. The predicted octanol–water partition coefficient (Wildman–Crippen LogP) is 5.25. The van der Waals surface area contributed by atoms with Crippen molar-refractivity contribution in [1.82, 2.24) is 15.3 Å². The minimum atomic E-state index is -4.42. The SMILES string of the molecule is O=C(NCc1ccccc1C(F)(F)F)[C@H]1CC[C@H](Cc2nc3ccccc3[nH]2)CC1. The predicted molar refractivity (Wildman–Crippen MR) is 109 cm³/mol. The van der Waals surface area contributed by atoms with E-state index in [1.807, 2.05) is 24.3 Å². The third-order valence-corrected chi connectivity index (χ3v) is 5.91. The van der Waals surface area contributed by atoms with Crippen LogP contribution in [0.4, 0.5) is 13.2 Å². The van der Waals surface area contributed by atoms with Crippen LogP contribution in [-0.2, 0) is 23.9 Å². The van der Waals surface area contributed by atoms with Crippen molar-refractivity contribution in [2.24, 2.45) is 11.8 Å². The monoisotopic (exact) mass is 415 g/mol. The summed E-state index contributed by atoms with van der Waals surface area (Å²) in [7, 11) is 0. The van der Waals surface area contributed by atoms with Gasteiger partial charge in [-0.15, -0.1) is 0 Å². The number of carbonyl (C=O) groups excluding carboxylic acids is 1. The van der Waals surface area contributed by atoms with Gasteiger partial charge in [-0.2, -0.15) is 13.2 Å². The number of nitrogens with zero attached hydrogens (tertiary/aromatic N) is 1. The number of fused-ring (bicyclic) bond motifs is 1. The summed E-state index contributed by atoms with van der Waals surface area (Å²) < 4.78 is 39.3. The minimum absolute atomic E-state index is 0.0944. The van der Waals surface area contributed by atoms with E-state index in [1.54, 1.807) is 6.07 Å². The highest BCUT2D eigenvalue weighted by Crippen LogP contribution is 2.33. The van der Waals surface area contributed by atoms with Gasteiger partial charge >= 0.3 is 6.18 Å². The molecule has 1 saturated carbocycles. The van der Waals surface area contributed by atoms with Gasteiger partial charge in [0.05, 0.1) is 16.6 Å². The molecule has 0 saturated heterocycles. The molecule has 7 heteroatoms. The fourth-order valence-corrected chi connectivity index (χ4v) is 4.28. The van der Waals surface area contributed by atoms with Crippen molar-refractivity contribution in [3.63, 3.8) is 0 Å². The maximum Gasteiger partial charge on any atom is 0.416 e. The van der Waals surface area contributed by atoms with Gasteiger partial charge < -0.3 is 10.3 Å². The van der Waals surface area contributed by atoms with Crippen LogP contribution in [0.15, 0.2) is 48.5 Å². The number of aromatic amines is 1. The molecule has 30 heavy (non-hydrogen) atoms. The van der Waals surface area contributed by atoms with Crippen molar-refractivity contribution in [3.8, 4) is 0 Å². The van der Waals surface area contributed by atoms with Gasteiger partial charge in [0, 0.05) is 18.9 Å². The molecule has 0 bridgehead atoms. The van der Waals surface area contributed by atoms with Gasteiger partial charge in [0.2, 0.25) is 5.91 Å². The number of hydrogen-bond acceptors (Lipinski definition) is 2. The molecule has 0 atom stereocenters. The molecule has 2 N–H and O–H groups in total. The molecule has 1 heterocycles. The molecule has 4 nitrogen and oxygen atoms in total. The number of benzene rings is 2. The summed E-state index contributed by atoms with van der Waals surface area (Å²) in [6.07, 6.45) is -0.254. The van der Waals surface area contributed by atoms with Crippen molar-refractivity contribution >= 4 is 16.9 Å². The molecular formula is C23H24F3N3O. The number of para-hydroxylation sites is 2. The number of imidazole rings is 1. The Labute approximate surface area is 172 Å². The van der Waals surface area contributed by atoms with Gasteiger partial charge in [0.15, 0.2) is 0 Å². The Morgan fingerprint density at radius 3 is 2.47 bits per heavy atom. The van der Waals surface area contributed by atoms with E-state index in [0.717, 1.165) is 55.0 Å². The highest BCUT2D eigenvalue weighted by Gasteiger charge is 2.33. The standard InChI is InChI=1S/C23H24F3N3O/c24-23(25,26)18-6-2-1-5-17(18)14-27-22(30)16-11-9-15(10-12-16)13-21-28-19-7-3-4-8-20(19)29-21/h1-8,15-16H,9-14H2,(H,27,30)(H,28,29)/t15-,16-. The zero-order chi connectivity index (χ0) is 21.1. The summed E-state index contributed by atoms with van der Waals surface area (Å²) in [5.41, 5.74) is 1.39. The molecule has 0 aliphatic heterocycles. The van der Waals surface area contributed by atoms with Crippen LogP contribution in [0.25, 0.3) is 11.0 Å². The molecule has 2 aromatic carbocycles. The second-order valence-electron chi connectivity index (χ2n) is 8.00. The number of H-pyrrole nitrogens is 1. The van der Waals surface area contributed by atoms with Crippen LogP contribution >= 0.6 is 0 Å². The van der Waals surface area contributed by atoms with E-state index in [0.29, 0.717) is 5.92 Å². The summed E-state index contributed by atoms with van der Waals surface area (Å²) in [4.78, 5) is 20.5. The molecule has 0 unspecified atom stereocenters. The van der Waals surface area contributed by atoms with E-state index < -0.39 is 11.7 Å². The zero-order valence-electron chi connectivity index (χ0n) is 16.5. The molecule has 1 aliphatic rings. The third kappa shape index (κ3) is 4.66. The second-order valence-corrected chi connectivity index (χ2v) is 8.00. The molecule has 158 valence electrons. The van der Waals surface area contributed by atoms with Crippen LogP contribution in [0, 0.1) is 11.8 Å². The number of nitrogens with one attached hydrogen (secondary N) is 2. The van der Waals surface area contributed by atoms with E-state index in [1.165, 1.54) is 12.1 Å². The summed E-state index contributed by atoms with van der Waals surface area (Å²) in [5, 5.41) is 2.71. The van der Waals surface area contributed by atoms with Crippen molar-refractivity contribution in [1.29, 1.82) is 0 Å². The van der Waals surface area contributed by atoms with Gasteiger partial charge in [0.25, 0.3) is 0 Å². The van der Waals surface area contributed by atoms with E-state index in [2.05, 4.69) is 15.3 Å². The van der Waals surface area contributed by atoms with Crippen LogP contribution in [0.1, 0.15) is 42.6 Å². The largest absolute Gasteiger partial charge is 0.416 e. The lowest BCUT2D eigenvalue weighted by atomic mass is 9.80. The summed E-state index contributed by atoms with van der Waals surface area (Å²) in [6.45, 7) is -0.104. The van der Waals surface area contributed by atoms with Crippen LogP contribution in [0.5, 0.6) is 0 Å². The fraction of sp³-hybridized carbons (Fsp3) is 0.391. The molecule has 0 radical (unpaired) electrons. The first-order chi connectivity index (χ1) is 14.4. The second kappa shape index (κ2) is 8.50. The number of aromatic nitrogens is 2. The van der Waals surface area contributed by atoms with Crippen molar-refractivity contribution in [2.75, 3.05) is 0 Å². The van der Waals surface area contributed by atoms with Gasteiger partial charge in [-0.3, -0.25) is 4.79 Å². The molecule has 1 aromatic heterocycles. The number of hydrogen-bond donors (Lipinski definition) is 2. The number of rotatable bonds is 5. The van der Waals surface area contributed by atoms with E-state index in [-0.39, 0.29) is 23.9 Å². The molecule has 1 fully saturated rings. The molecular weight excluding hydrogens is 391 g/mol. The van der Waals surface area contributed by atoms with E-state index in [4.69, 9.17) is 0 Å². The van der Waals surface area contributed by atoms with Gasteiger partial charge in [0.1, 0.15) is 5.82 Å². The highest BCUT2D eigenvalue weighted by atomic mass is 19.4. The van der Waals surface area contributed by atoms with Crippen LogP contribution in [-0.4, -0.2) is 15.9 Å². The lowest BCUT2D eigenvalue weighted by Crippen LogP contribution is -2.33. The smallest absolute Gasteiger partial charge is 0.352 e. The third-order valence-electron chi connectivity index (χ3n) is 5.91. The summed E-state index contributed by atoms with van der Waals surface area (Å²) in [5.74, 6) is 1.12. The Morgan fingerprint density at radius 1 is 1.03 bits per heavy atom. The van der Waals surface area contributed by atoms with E-state index in [9.17, 15) is 18.0 Å². The molecule has 1 amide bonds. The quantitative estimate of drug-likeness (QED) is 0.598. The Balaban J connectivity index is 1.28. The van der Waals surface area contributed by atoms with Crippen molar-refractivity contribution in [2.45, 2.75) is 44.8 Å². The molecule has 0 spiro atoms. The first-order valence-electron chi connectivity index (χ1n) is 10.3. The van der Waals surface area contributed by atoms with Crippen LogP contribution in [0.3, 0.4) is 0 Å². The number of alkyl halides is 3. The lowest BCUT2D eigenvalue weighted by molar-refractivity contribution is -0.138. The fourth-order valence-electron chi connectivity index (χ4n) is 4.28.